The highest BCUT2D eigenvalue weighted by Crippen LogP contribution is 2.27. The number of nitrogens with one attached hydrogen (secondary N) is 1. The van der Waals surface area contributed by atoms with Gasteiger partial charge in [-0.3, -0.25) is 25.0 Å². The summed E-state index contributed by atoms with van der Waals surface area (Å²) >= 11 is 0. The second-order valence-electron chi connectivity index (χ2n) is 5.87. The maximum absolute atomic E-state index is 12.9. The number of nitro benzene ring substituents is 1. The molecule has 1 aliphatic heterocycles. The Balaban J connectivity index is 2.02. The van der Waals surface area contributed by atoms with Crippen LogP contribution in [0.4, 0.5) is 16.2 Å². The van der Waals surface area contributed by atoms with E-state index in [1.165, 1.54) is 24.3 Å². The molecule has 0 atom stereocenters. The zero-order valence-corrected chi connectivity index (χ0v) is 15.0. The van der Waals surface area contributed by atoms with Crippen LogP contribution < -0.4 is 15.0 Å². The summed E-state index contributed by atoms with van der Waals surface area (Å²) in [6.07, 6.45) is 2.85. The van der Waals surface area contributed by atoms with Gasteiger partial charge in [0, 0.05) is 17.7 Å². The first-order valence-electron chi connectivity index (χ1n) is 8.41. The fourth-order valence-corrected chi connectivity index (χ4v) is 2.67. The number of nitro groups is 1. The molecule has 0 radical (unpaired) electrons. The van der Waals surface area contributed by atoms with Crippen LogP contribution in [0.1, 0.15) is 5.56 Å². The minimum absolute atomic E-state index is 0.0312. The van der Waals surface area contributed by atoms with E-state index in [0.717, 1.165) is 6.07 Å². The number of carbonyl (C=O) groups excluding carboxylic acids is 3. The van der Waals surface area contributed by atoms with Crippen molar-refractivity contribution in [3.05, 3.63) is 82.4 Å². The van der Waals surface area contributed by atoms with Crippen LogP contribution in [0.2, 0.25) is 0 Å². The predicted octanol–water partition coefficient (Wildman–Crippen LogP) is 2.83. The van der Waals surface area contributed by atoms with E-state index in [2.05, 4.69) is 11.9 Å². The van der Waals surface area contributed by atoms with Gasteiger partial charge in [-0.15, -0.1) is 0 Å². The number of benzene rings is 2. The normalized spacial score (nSPS) is 15.2. The number of hydrogen-bond acceptors (Lipinski definition) is 6. The van der Waals surface area contributed by atoms with Crippen LogP contribution in [0.25, 0.3) is 6.08 Å². The highest BCUT2D eigenvalue weighted by atomic mass is 16.6. The van der Waals surface area contributed by atoms with Gasteiger partial charge < -0.3 is 4.74 Å². The number of urea groups is 1. The van der Waals surface area contributed by atoms with E-state index in [4.69, 9.17) is 4.74 Å². The van der Waals surface area contributed by atoms with Crippen molar-refractivity contribution in [2.45, 2.75) is 0 Å². The lowest BCUT2D eigenvalue weighted by Gasteiger charge is -2.26. The molecule has 1 saturated heterocycles. The summed E-state index contributed by atoms with van der Waals surface area (Å²) in [5, 5.41) is 13.1. The van der Waals surface area contributed by atoms with E-state index in [0.29, 0.717) is 16.2 Å². The van der Waals surface area contributed by atoms with Crippen LogP contribution in [0.5, 0.6) is 5.75 Å². The Hall–Kier alpha value is -4.27. The van der Waals surface area contributed by atoms with Crippen molar-refractivity contribution in [3.63, 3.8) is 0 Å². The summed E-state index contributed by atoms with van der Waals surface area (Å²) in [5.41, 5.74) is -0.197. The molecular formula is C20H15N3O6. The molecule has 1 fully saturated rings. The lowest BCUT2D eigenvalue weighted by atomic mass is 10.1. The summed E-state index contributed by atoms with van der Waals surface area (Å²) in [4.78, 5) is 48.5. The number of barbiturate groups is 1. The van der Waals surface area contributed by atoms with Gasteiger partial charge in [0.2, 0.25) is 0 Å². The molecule has 9 heteroatoms. The molecule has 3 rings (SSSR count). The minimum atomic E-state index is -0.992. The quantitative estimate of drug-likeness (QED) is 0.265. The molecule has 1 N–H and O–H groups in total. The standard InChI is InChI=1S/C20H15N3O6/c1-2-10-29-17-9-4-3-6-13(17)11-16-18(24)21-20(26)22(19(16)25)14-7-5-8-15(12-14)23(27)28/h2-9,11-12H,1,10H2,(H,21,24,26)/b16-11+. The topological polar surface area (TPSA) is 119 Å². The lowest BCUT2D eigenvalue weighted by Crippen LogP contribution is -2.54. The summed E-state index contributed by atoms with van der Waals surface area (Å²) in [5.74, 6) is -1.36. The fraction of sp³-hybridized carbons (Fsp3) is 0.0500. The number of para-hydroxylation sites is 1. The molecule has 0 aliphatic carbocycles. The van der Waals surface area contributed by atoms with Gasteiger partial charge in [-0.25, -0.2) is 9.69 Å². The van der Waals surface area contributed by atoms with Crippen molar-refractivity contribution in [3.8, 4) is 5.75 Å². The van der Waals surface area contributed by atoms with E-state index in [9.17, 15) is 24.5 Å². The van der Waals surface area contributed by atoms with Crippen molar-refractivity contribution in [2.75, 3.05) is 11.5 Å². The number of non-ortho nitro benzene ring substituents is 1. The van der Waals surface area contributed by atoms with E-state index in [1.54, 1.807) is 30.3 Å². The molecule has 1 heterocycles. The zero-order valence-electron chi connectivity index (χ0n) is 15.0. The number of anilines is 1. The molecule has 4 amide bonds. The number of nitrogens with zero attached hydrogens (tertiary/aromatic N) is 2. The Bertz CT molecular complexity index is 1060. The first-order chi connectivity index (χ1) is 13.9. The van der Waals surface area contributed by atoms with Gasteiger partial charge in [0.05, 0.1) is 10.6 Å². The molecular weight excluding hydrogens is 378 g/mol. The number of imide groups is 2. The first-order valence-corrected chi connectivity index (χ1v) is 8.41. The fourth-order valence-electron chi connectivity index (χ4n) is 2.67. The number of rotatable bonds is 6. The monoisotopic (exact) mass is 393 g/mol. The van der Waals surface area contributed by atoms with Crippen LogP contribution >= 0.6 is 0 Å². The molecule has 146 valence electrons. The second kappa shape index (κ2) is 8.17. The van der Waals surface area contributed by atoms with E-state index in [1.807, 2.05) is 0 Å². The number of carbonyl (C=O) groups is 3. The molecule has 9 nitrogen and oxygen atoms in total. The number of ether oxygens (including phenoxy) is 1. The van der Waals surface area contributed by atoms with Gasteiger partial charge in [0.25, 0.3) is 17.5 Å². The zero-order chi connectivity index (χ0) is 21.0. The molecule has 0 aromatic heterocycles. The van der Waals surface area contributed by atoms with Crippen LogP contribution in [-0.4, -0.2) is 29.4 Å². The molecule has 2 aromatic rings. The Morgan fingerprint density at radius 2 is 1.90 bits per heavy atom. The van der Waals surface area contributed by atoms with Crippen molar-refractivity contribution >= 4 is 35.3 Å². The van der Waals surface area contributed by atoms with E-state index < -0.39 is 22.8 Å². The van der Waals surface area contributed by atoms with E-state index in [-0.39, 0.29) is 23.6 Å². The Morgan fingerprint density at radius 3 is 2.62 bits per heavy atom. The van der Waals surface area contributed by atoms with Crippen molar-refractivity contribution in [1.82, 2.24) is 5.32 Å². The number of amides is 4. The van der Waals surface area contributed by atoms with Gasteiger partial charge in [-0.2, -0.15) is 0 Å². The molecule has 0 saturated carbocycles. The summed E-state index contributed by atoms with van der Waals surface area (Å²) in [6.45, 7) is 3.79. The third-order valence-electron chi connectivity index (χ3n) is 3.98. The molecule has 0 unspecified atom stereocenters. The predicted molar refractivity (Wildman–Crippen MR) is 104 cm³/mol. The minimum Gasteiger partial charge on any atom is -0.489 e. The van der Waals surface area contributed by atoms with E-state index >= 15 is 0 Å². The highest BCUT2D eigenvalue weighted by Gasteiger charge is 2.37. The van der Waals surface area contributed by atoms with Crippen LogP contribution in [0.3, 0.4) is 0 Å². The third kappa shape index (κ3) is 4.03. The van der Waals surface area contributed by atoms with Crippen molar-refractivity contribution in [1.29, 1.82) is 0 Å². The maximum Gasteiger partial charge on any atom is 0.335 e. The Morgan fingerprint density at radius 1 is 1.14 bits per heavy atom. The van der Waals surface area contributed by atoms with Crippen LogP contribution in [-0.2, 0) is 9.59 Å². The average molecular weight is 393 g/mol. The van der Waals surface area contributed by atoms with Crippen LogP contribution in [0, 0.1) is 10.1 Å². The molecule has 1 aliphatic rings. The van der Waals surface area contributed by atoms with Gasteiger partial charge >= 0.3 is 6.03 Å². The Kier molecular flexibility index (Phi) is 5.49. The van der Waals surface area contributed by atoms with Crippen molar-refractivity contribution in [2.24, 2.45) is 0 Å². The average Bonchev–Trinajstić information content (AvgIpc) is 2.70. The van der Waals surface area contributed by atoms with Gasteiger partial charge in [-0.05, 0) is 18.2 Å². The largest absolute Gasteiger partial charge is 0.489 e. The SMILES string of the molecule is C=CCOc1ccccc1/C=C1\C(=O)NC(=O)N(c2cccc([N+](=O)[O-])c2)C1=O. The Labute approximate surface area is 165 Å². The van der Waals surface area contributed by atoms with Gasteiger partial charge in [-0.1, -0.05) is 36.9 Å². The summed E-state index contributed by atoms with van der Waals surface area (Å²) in [7, 11) is 0. The first kappa shape index (κ1) is 19.5. The summed E-state index contributed by atoms with van der Waals surface area (Å²) in [6, 6.07) is 10.7. The van der Waals surface area contributed by atoms with Gasteiger partial charge in [0.1, 0.15) is 17.9 Å². The van der Waals surface area contributed by atoms with Gasteiger partial charge in [0.15, 0.2) is 0 Å². The third-order valence-corrected chi connectivity index (χ3v) is 3.98. The molecule has 0 bridgehead atoms. The number of hydrogen-bond donors (Lipinski definition) is 1. The lowest BCUT2D eigenvalue weighted by molar-refractivity contribution is -0.384. The highest BCUT2D eigenvalue weighted by molar-refractivity contribution is 6.39. The summed E-state index contributed by atoms with van der Waals surface area (Å²) < 4.78 is 5.51. The second-order valence-corrected chi connectivity index (χ2v) is 5.87. The molecule has 0 spiro atoms. The molecule has 2 aromatic carbocycles. The smallest absolute Gasteiger partial charge is 0.335 e. The maximum atomic E-state index is 12.9. The van der Waals surface area contributed by atoms with Crippen LogP contribution in [0.15, 0.2) is 66.8 Å². The van der Waals surface area contributed by atoms with Crippen molar-refractivity contribution < 1.29 is 24.0 Å². The molecule has 29 heavy (non-hydrogen) atoms.